The van der Waals surface area contributed by atoms with Crippen LogP contribution < -0.4 is 0 Å². The molecule has 1 aliphatic rings. The molecule has 0 bridgehead atoms. The zero-order valence-corrected chi connectivity index (χ0v) is 8.70. The molecule has 1 unspecified atom stereocenters. The largest absolute Gasteiger partial charge is 0.207 e. The van der Waals surface area contributed by atoms with E-state index in [9.17, 15) is 13.2 Å². The summed E-state index contributed by atoms with van der Waals surface area (Å²) in [5, 5.41) is -0.547. The lowest BCUT2D eigenvalue weighted by molar-refractivity contribution is 0.301. The van der Waals surface area contributed by atoms with E-state index >= 15 is 0 Å². The minimum Gasteiger partial charge on any atom is -0.207 e. The maximum absolute atomic E-state index is 13.3. The predicted octanol–water partition coefficient (Wildman–Crippen LogP) is 4.18. The lowest BCUT2D eigenvalue weighted by Crippen LogP contribution is -2.17. The zero-order chi connectivity index (χ0) is 11.0. The summed E-state index contributed by atoms with van der Waals surface area (Å²) in [6.45, 7) is 0. The molecule has 0 heterocycles. The van der Waals surface area contributed by atoms with Crippen LogP contribution in [0.1, 0.15) is 30.2 Å². The van der Waals surface area contributed by atoms with Gasteiger partial charge in [0.1, 0.15) is 5.82 Å². The van der Waals surface area contributed by atoms with E-state index in [1.807, 2.05) is 0 Å². The summed E-state index contributed by atoms with van der Waals surface area (Å²) < 4.78 is 38.9. The van der Waals surface area contributed by atoms with Crippen molar-refractivity contribution in [1.82, 2.24) is 0 Å². The fourth-order valence-electron chi connectivity index (χ4n) is 1.74. The topological polar surface area (TPSA) is 0 Å². The SMILES string of the molecule is Fc1cc(F)c(C(Cl)C2CCC2)cc1F. The molecule has 0 aliphatic heterocycles. The molecule has 0 spiro atoms. The monoisotopic (exact) mass is 234 g/mol. The van der Waals surface area contributed by atoms with Crippen LogP contribution in [0, 0.1) is 23.4 Å². The molecule has 0 N–H and O–H groups in total. The Hall–Kier alpha value is -0.700. The van der Waals surface area contributed by atoms with Crippen molar-refractivity contribution in [1.29, 1.82) is 0 Å². The summed E-state index contributed by atoms with van der Waals surface area (Å²) in [6.07, 6.45) is 2.92. The Labute approximate surface area is 91.1 Å². The van der Waals surface area contributed by atoms with Crippen molar-refractivity contribution in [2.45, 2.75) is 24.6 Å². The van der Waals surface area contributed by atoms with Gasteiger partial charge < -0.3 is 0 Å². The average molecular weight is 235 g/mol. The van der Waals surface area contributed by atoms with Crippen LogP contribution in [0.2, 0.25) is 0 Å². The molecule has 1 aromatic rings. The van der Waals surface area contributed by atoms with Gasteiger partial charge in [0.25, 0.3) is 0 Å². The molecule has 15 heavy (non-hydrogen) atoms. The highest BCUT2D eigenvalue weighted by molar-refractivity contribution is 6.21. The van der Waals surface area contributed by atoms with Crippen LogP contribution in [0.15, 0.2) is 12.1 Å². The van der Waals surface area contributed by atoms with Gasteiger partial charge in [0, 0.05) is 11.6 Å². The van der Waals surface area contributed by atoms with Crippen molar-refractivity contribution in [2.24, 2.45) is 5.92 Å². The highest BCUT2D eigenvalue weighted by Crippen LogP contribution is 2.42. The first-order chi connectivity index (χ1) is 7.09. The molecule has 0 nitrogen and oxygen atoms in total. The fraction of sp³-hybridized carbons (Fsp3) is 0.455. The first kappa shape index (κ1) is 10.8. The van der Waals surface area contributed by atoms with Crippen LogP contribution >= 0.6 is 11.6 Å². The van der Waals surface area contributed by atoms with Crippen molar-refractivity contribution in [3.8, 4) is 0 Å². The van der Waals surface area contributed by atoms with Crippen LogP contribution in [0.5, 0.6) is 0 Å². The number of alkyl halides is 1. The average Bonchev–Trinajstić information content (AvgIpc) is 2.08. The molecule has 1 aliphatic carbocycles. The van der Waals surface area contributed by atoms with Gasteiger partial charge >= 0.3 is 0 Å². The van der Waals surface area contributed by atoms with Crippen molar-refractivity contribution in [3.05, 3.63) is 35.1 Å². The second kappa shape index (κ2) is 4.05. The summed E-state index contributed by atoms with van der Waals surface area (Å²) in [4.78, 5) is 0. The Morgan fingerprint density at radius 2 is 1.67 bits per heavy atom. The number of benzene rings is 1. The number of hydrogen-bond donors (Lipinski definition) is 0. The molecule has 0 saturated heterocycles. The van der Waals surface area contributed by atoms with Crippen molar-refractivity contribution in [2.75, 3.05) is 0 Å². The van der Waals surface area contributed by atoms with Crippen LogP contribution in [-0.2, 0) is 0 Å². The first-order valence-electron chi connectivity index (χ1n) is 4.88. The fourth-order valence-corrected chi connectivity index (χ4v) is 2.15. The molecule has 0 amide bonds. The molecule has 2 rings (SSSR count). The van der Waals surface area contributed by atoms with Crippen LogP contribution in [0.3, 0.4) is 0 Å². The molecule has 1 fully saturated rings. The van der Waals surface area contributed by atoms with E-state index in [0.717, 1.165) is 25.3 Å². The molecular weight excluding hydrogens is 225 g/mol. The maximum Gasteiger partial charge on any atom is 0.161 e. The van der Waals surface area contributed by atoms with Crippen LogP contribution in [0.4, 0.5) is 13.2 Å². The third kappa shape index (κ3) is 1.98. The Morgan fingerprint density at radius 1 is 1.07 bits per heavy atom. The summed E-state index contributed by atoms with van der Waals surface area (Å²) in [5.41, 5.74) is 0.0697. The summed E-state index contributed by atoms with van der Waals surface area (Å²) in [6, 6.07) is 1.42. The van der Waals surface area contributed by atoms with Gasteiger partial charge in [-0.1, -0.05) is 6.42 Å². The van der Waals surface area contributed by atoms with E-state index < -0.39 is 22.8 Å². The Balaban J connectivity index is 2.30. The number of hydrogen-bond acceptors (Lipinski definition) is 0. The third-order valence-electron chi connectivity index (χ3n) is 2.90. The second-order valence-electron chi connectivity index (χ2n) is 3.88. The minimum absolute atomic E-state index is 0.0697. The first-order valence-corrected chi connectivity index (χ1v) is 5.31. The number of rotatable bonds is 2. The molecule has 1 saturated carbocycles. The van der Waals surface area contributed by atoms with Crippen molar-refractivity contribution >= 4 is 11.6 Å². The van der Waals surface area contributed by atoms with Gasteiger partial charge in [0.2, 0.25) is 0 Å². The zero-order valence-electron chi connectivity index (χ0n) is 7.94. The van der Waals surface area contributed by atoms with E-state index in [4.69, 9.17) is 11.6 Å². The molecule has 4 heteroatoms. The summed E-state index contributed by atoms with van der Waals surface area (Å²) in [7, 11) is 0. The van der Waals surface area contributed by atoms with Gasteiger partial charge in [-0.05, 0) is 24.8 Å². The van der Waals surface area contributed by atoms with Gasteiger partial charge in [0.05, 0.1) is 5.38 Å². The van der Waals surface area contributed by atoms with Gasteiger partial charge in [0.15, 0.2) is 11.6 Å². The van der Waals surface area contributed by atoms with Gasteiger partial charge in [-0.25, -0.2) is 13.2 Å². The predicted molar refractivity (Wildman–Crippen MR) is 52.3 cm³/mol. The van der Waals surface area contributed by atoms with E-state index in [0.29, 0.717) is 6.07 Å². The van der Waals surface area contributed by atoms with Gasteiger partial charge in [-0.3, -0.25) is 0 Å². The molecular formula is C11H10ClF3. The molecule has 1 atom stereocenters. The Kier molecular flexibility index (Phi) is 2.91. The molecule has 0 radical (unpaired) electrons. The van der Waals surface area contributed by atoms with Crippen molar-refractivity contribution < 1.29 is 13.2 Å². The summed E-state index contributed by atoms with van der Waals surface area (Å²) >= 11 is 6.01. The maximum atomic E-state index is 13.3. The van der Waals surface area contributed by atoms with E-state index in [1.54, 1.807) is 0 Å². The highest BCUT2D eigenvalue weighted by Gasteiger charge is 2.29. The quantitative estimate of drug-likeness (QED) is 0.532. The Morgan fingerprint density at radius 3 is 2.20 bits per heavy atom. The normalized spacial score (nSPS) is 18.7. The minimum atomic E-state index is -1.17. The standard InChI is InChI=1S/C11H10ClF3/c12-11(6-2-1-3-6)7-4-9(14)10(15)5-8(7)13/h4-6,11H,1-3H2. The lowest BCUT2D eigenvalue weighted by atomic mass is 9.80. The molecule has 1 aromatic carbocycles. The van der Waals surface area contributed by atoms with Gasteiger partial charge in [-0.15, -0.1) is 11.6 Å². The van der Waals surface area contributed by atoms with E-state index in [2.05, 4.69) is 0 Å². The highest BCUT2D eigenvalue weighted by atomic mass is 35.5. The summed E-state index contributed by atoms with van der Waals surface area (Å²) in [5.74, 6) is -2.79. The number of halogens is 4. The Bertz CT molecular complexity index is 374. The van der Waals surface area contributed by atoms with Crippen molar-refractivity contribution in [3.63, 3.8) is 0 Å². The van der Waals surface area contributed by atoms with E-state index in [-0.39, 0.29) is 11.5 Å². The van der Waals surface area contributed by atoms with Crippen LogP contribution in [-0.4, -0.2) is 0 Å². The lowest BCUT2D eigenvalue weighted by Gasteiger charge is -2.30. The van der Waals surface area contributed by atoms with Gasteiger partial charge in [-0.2, -0.15) is 0 Å². The second-order valence-corrected chi connectivity index (χ2v) is 4.35. The third-order valence-corrected chi connectivity index (χ3v) is 3.49. The smallest absolute Gasteiger partial charge is 0.161 e. The molecule has 0 aromatic heterocycles. The van der Waals surface area contributed by atoms with Crippen LogP contribution in [0.25, 0.3) is 0 Å². The molecule has 82 valence electrons. The van der Waals surface area contributed by atoms with E-state index in [1.165, 1.54) is 0 Å².